The van der Waals surface area contributed by atoms with E-state index in [2.05, 4.69) is 15.7 Å². The molecule has 0 saturated carbocycles. The monoisotopic (exact) mass is 256 g/mol. The van der Waals surface area contributed by atoms with E-state index in [9.17, 15) is 5.11 Å². The molecule has 1 aliphatic rings. The zero-order valence-corrected chi connectivity index (χ0v) is 11.1. The van der Waals surface area contributed by atoms with Crippen LogP contribution in [0.4, 0.5) is 0 Å². The van der Waals surface area contributed by atoms with E-state index in [0.29, 0.717) is 0 Å². The van der Waals surface area contributed by atoms with Crippen molar-refractivity contribution in [3.05, 3.63) is 16.1 Å². The van der Waals surface area contributed by atoms with Gasteiger partial charge in [-0.25, -0.2) is 4.98 Å². The largest absolute Gasteiger partial charge is 0.396 e. The molecule has 0 aromatic carbocycles. The van der Waals surface area contributed by atoms with Crippen LogP contribution in [-0.4, -0.2) is 36.5 Å². The highest BCUT2D eigenvalue weighted by molar-refractivity contribution is 7.09. The van der Waals surface area contributed by atoms with Crippen molar-refractivity contribution in [2.75, 3.05) is 26.4 Å². The fourth-order valence-electron chi connectivity index (χ4n) is 2.11. The third-order valence-corrected chi connectivity index (χ3v) is 4.30. The van der Waals surface area contributed by atoms with Gasteiger partial charge in [-0.2, -0.15) is 0 Å². The SMILES string of the molecule is Cc1csc(CNCC2(CO)CCOCC2)n1. The summed E-state index contributed by atoms with van der Waals surface area (Å²) in [5, 5.41) is 16.1. The van der Waals surface area contributed by atoms with E-state index in [1.807, 2.05) is 6.92 Å². The molecular weight excluding hydrogens is 236 g/mol. The molecule has 1 aromatic heterocycles. The smallest absolute Gasteiger partial charge is 0.107 e. The maximum atomic E-state index is 9.53. The molecule has 4 nitrogen and oxygen atoms in total. The van der Waals surface area contributed by atoms with Crippen molar-refractivity contribution in [1.82, 2.24) is 10.3 Å². The fourth-order valence-corrected chi connectivity index (χ4v) is 2.86. The van der Waals surface area contributed by atoms with Gasteiger partial charge in [0.25, 0.3) is 0 Å². The van der Waals surface area contributed by atoms with E-state index in [4.69, 9.17) is 4.74 Å². The van der Waals surface area contributed by atoms with Gasteiger partial charge in [0.05, 0.1) is 6.61 Å². The van der Waals surface area contributed by atoms with Crippen LogP contribution >= 0.6 is 11.3 Å². The molecular formula is C12H20N2O2S. The molecule has 17 heavy (non-hydrogen) atoms. The minimum Gasteiger partial charge on any atom is -0.396 e. The van der Waals surface area contributed by atoms with E-state index >= 15 is 0 Å². The summed E-state index contributed by atoms with van der Waals surface area (Å²) in [6.07, 6.45) is 1.88. The van der Waals surface area contributed by atoms with E-state index in [-0.39, 0.29) is 12.0 Å². The van der Waals surface area contributed by atoms with Gasteiger partial charge in [-0.1, -0.05) is 0 Å². The first-order chi connectivity index (χ1) is 8.24. The van der Waals surface area contributed by atoms with Crippen molar-refractivity contribution >= 4 is 11.3 Å². The second kappa shape index (κ2) is 5.91. The Morgan fingerprint density at radius 1 is 1.53 bits per heavy atom. The molecule has 1 saturated heterocycles. The topological polar surface area (TPSA) is 54.4 Å². The number of aliphatic hydroxyl groups is 1. The highest BCUT2D eigenvalue weighted by atomic mass is 32.1. The minimum absolute atomic E-state index is 0.00452. The molecule has 2 N–H and O–H groups in total. The van der Waals surface area contributed by atoms with Crippen molar-refractivity contribution in [3.8, 4) is 0 Å². The van der Waals surface area contributed by atoms with Crippen LogP contribution in [0, 0.1) is 12.3 Å². The van der Waals surface area contributed by atoms with Gasteiger partial charge in [0.2, 0.25) is 0 Å². The number of rotatable bonds is 5. The quantitative estimate of drug-likeness (QED) is 0.834. The normalized spacial score (nSPS) is 19.4. The number of hydrogen-bond acceptors (Lipinski definition) is 5. The molecule has 5 heteroatoms. The van der Waals surface area contributed by atoms with Gasteiger partial charge in [0.1, 0.15) is 5.01 Å². The van der Waals surface area contributed by atoms with E-state index in [1.165, 1.54) is 0 Å². The van der Waals surface area contributed by atoms with Crippen LogP contribution in [0.2, 0.25) is 0 Å². The maximum Gasteiger partial charge on any atom is 0.107 e. The van der Waals surface area contributed by atoms with E-state index in [1.54, 1.807) is 11.3 Å². The van der Waals surface area contributed by atoms with Crippen molar-refractivity contribution in [2.24, 2.45) is 5.41 Å². The highest BCUT2D eigenvalue weighted by Gasteiger charge is 2.31. The van der Waals surface area contributed by atoms with Crippen molar-refractivity contribution in [1.29, 1.82) is 0 Å². The third-order valence-electron chi connectivity index (χ3n) is 3.33. The standard InChI is InChI=1S/C12H20N2O2S/c1-10-7-17-11(14-10)6-13-8-12(9-15)2-4-16-5-3-12/h7,13,15H,2-6,8-9H2,1H3. The Hall–Kier alpha value is -0.490. The average molecular weight is 256 g/mol. The molecule has 1 aliphatic heterocycles. The number of aliphatic hydroxyl groups excluding tert-OH is 1. The van der Waals surface area contributed by atoms with Crippen LogP contribution < -0.4 is 5.32 Å². The van der Waals surface area contributed by atoms with Crippen LogP contribution in [-0.2, 0) is 11.3 Å². The van der Waals surface area contributed by atoms with Crippen LogP contribution in [0.5, 0.6) is 0 Å². The number of hydrogen-bond donors (Lipinski definition) is 2. The van der Waals surface area contributed by atoms with Gasteiger partial charge < -0.3 is 15.2 Å². The van der Waals surface area contributed by atoms with Gasteiger partial charge in [0.15, 0.2) is 0 Å². The van der Waals surface area contributed by atoms with Gasteiger partial charge in [0, 0.05) is 42.8 Å². The predicted molar refractivity (Wildman–Crippen MR) is 68.1 cm³/mol. The van der Waals surface area contributed by atoms with Crippen LogP contribution in [0.15, 0.2) is 5.38 Å². The van der Waals surface area contributed by atoms with Crippen LogP contribution in [0.1, 0.15) is 23.5 Å². The number of nitrogens with zero attached hydrogens (tertiary/aromatic N) is 1. The summed E-state index contributed by atoms with van der Waals surface area (Å²) in [5.74, 6) is 0. The molecule has 0 unspecified atom stereocenters. The Morgan fingerprint density at radius 3 is 2.88 bits per heavy atom. The lowest BCUT2D eigenvalue weighted by Crippen LogP contribution is -2.41. The van der Waals surface area contributed by atoms with Crippen LogP contribution in [0.25, 0.3) is 0 Å². The predicted octanol–water partition coefficient (Wildman–Crippen LogP) is 1.33. The average Bonchev–Trinajstić information content (AvgIpc) is 2.76. The number of ether oxygens (including phenoxy) is 1. The molecule has 0 aliphatic carbocycles. The zero-order chi connectivity index (χ0) is 12.1. The van der Waals surface area contributed by atoms with Crippen molar-refractivity contribution in [3.63, 3.8) is 0 Å². The summed E-state index contributed by atoms with van der Waals surface area (Å²) in [4.78, 5) is 4.41. The van der Waals surface area contributed by atoms with Crippen molar-refractivity contribution in [2.45, 2.75) is 26.3 Å². The van der Waals surface area contributed by atoms with Crippen LogP contribution in [0.3, 0.4) is 0 Å². The molecule has 0 radical (unpaired) electrons. The summed E-state index contributed by atoms with van der Waals surface area (Å²) in [6.45, 7) is 5.40. The van der Waals surface area contributed by atoms with Gasteiger partial charge >= 0.3 is 0 Å². The molecule has 0 spiro atoms. The molecule has 1 fully saturated rings. The van der Waals surface area contributed by atoms with Gasteiger partial charge in [-0.05, 0) is 19.8 Å². The number of aryl methyl sites for hydroxylation is 1. The van der Waals surface area contributed by atoms with Gasteiger partial charge in [-0.3, -0.25) is 0 Å². The summed E-state index contributed by atoms with van der Waals surface area (Å²) >= 11 is 1.68. The maximum absolute atomic E-state index is 9.53. The van der Waals surface area contributed by atoms with Gasteiger partial charge in [-0.15, -0.1) is 11.3 Å². The Labute approximate surface area is 106 Å². The Morgan fingerprint density at radius 2 is 2.29 bits per heavy atom. The molecule has 0 bridgehead atoms. The molecule has 1 aromatic rings. The first kappa shape index (κ1) is 13.0. The zero-order valence-electron chi connectivity index (χ0n) is 10.2. The van der Waals surface area contributed by atoms with Crippen molar-refractivity contribution < 1.29 is 9.84 Å². The Balaban J connectivity index is 1.79. The fraction of sp³-hybridized carbons (Fsp3) is 0.750. The summed E-state index contributed by atoms with van der Waals surface area (Å²) < 4.78 is 5.35. The molecule has 0 amide bonds. The Kier molecular flexibility index (Phi) is 4.50. The number of aromatic nitrogens is 1. The lowest BCUT2D eigenvalue weighted by Gasteiger charge is -2.35. The third kappa shape index (κ3) is 3.48. The second-order valence-corrected chi connectivity index (χ2v) is 5.70. The first-order valence-electron chi connectivity index (χ1n) is 6.04. The summed E-state index contributed by atoms with van der Waals surface area (Å²) in [6, 6.07) is 0. The summed E-state index contributed by atoms with van der Waals surface area (Å²) in [5.41, 5.74) is 1.08. The number of thiazole rings is 1. The lowest BCUT2D eigenvalue weighted by molar-refractivity contribution is -0.0154. The summed E-state index contributed by atoms with van der Waals surface area (Å²) in [7, 11) is 0. The molecule has 0 atom stereocenters. The molecule has 2 heterocycles. The van der Waals surface area contributed by atoms with E-state index < -0.39 is 0 Å². The second-order valence-electron chi connectivity index (χ2n) is 4.76. The van der Waals surface area contributed by atoms with E-state index in [0.717, 1.165) is 49.8 Å². The Bertz CT molecular complexity index is 348. The number of nitrogens with one attached hydrogen (secondary N) is 1. The molecule has 96 valence electrons. The lowest BCUT2D eigenvalue weighted by atomic mass is 9.81. The highest BCUT2D eigenvalue weighted by Crippen LogP contribution is 2.29. The minimum atomic E-state index is 0.00452. The molecule has 2 rings (SSSR count). The first-order valence-corrected chi connectivity index (χ1v) is 6.92.